The number of fused-ring (bicyclic) bond motifs is 2. The van der Waals surface area contributed by atoms with Crippen LogP contribution in [-0.2, 0) is 6.54 Å². The summed E-state index contributed by atoms with van der Waals surface area (Å²) < 4.78 is 13.8. The number of carbonyl (C=O) groups is 1. The van der Waals surface area contributed by atoms with Crippen LogP contribution in [0.25, 0.3) is 23.1 Å². The zero-order chi connectivity index (χ0) is 24.6. The first-order chi connectivity index (χ1) is 16.8. The Hall–Kier alpha value is -3.76. The van der Waals surface area contributed by atoms with Crippen molar-refractivity contribution >= 4 is 40.4 Å². The molecule has 0 saturated heterocycles. The summed E-state index contributed by atoms with van der Waals surface area (Å²) in [5, 5.41) is 1.81. The van der Waals surface area contributed by atoms with Crippen molar-refractivity contribution in [2.24, 2.45) is 0 Å². The fourth-order valence-corrected chi connectivity index (χ4v) is 4.63. The van der Waals surface area contributed by atoms with Crippen LogP contribution >= 0.6 is 11.6 Å². The quantitative estimate of drug-likeness (QED) is 0.211. The number of allylic oxidation sites excluding steroid dienone is 1. The molecule has 0 N–H and O–H groups in total. The van der Waals surface area contributed by atoms with Gasteiger partial charge in [-0.25, -0.2) is 0 Å². The fraction of sp³-hybridized carbons (Fsp3) is 0.167. The Morgan fingerprint density at radius 1 is 1.11 bits per heavy atom. The number of aromatic nitrogens is 1. The lowest BCUT2D eigenvalue weighted by molar-refractivity contribution is 0.103. The molecule has 5 heteroatoms. The van der Waals surface area contributed by atoms with E-state index in [9.17, 15) is 4.79 Å². The van der Waals surface area contributed by atoms with E-state index in [0.29, 0.717) is 17.1 Å². The van der Waals surface area contributed by atoms with Crippen molar-refractivity contribution in [1.29, 1.82) is 0 Å². The van der Waals surface area contributed by atoms with Crippen molar-refractivity contribution in [2.45, 2.75) is 26.0 Å². The van der Waals surface area contributed by atoms with Gasteiger partial charge in [0.15, 0.2) is 5.78 Å². The molecule has 0 aliphatic carbocycles. The Bertz CT molecular complexity index is 1490. The van der Waals surface area contributed by atoms with Crippen LogP contribution in [0.2, 0.25) is 5.02 Å². The van der Waals surface area contributed by atoms with Gasteiger partial charge >= 0.3 is 0 Å². The van der Waals surface area contributed by atoms with E-state index in [4.69, 9.17) is 21.1 Å². The highest BCUT2D eigenvalue weighted by molar-refractivity contribution is 6.30. The summed E-state index contributed by atoms with van der Waals surface area (Å²) in [4.78, 5) is 13.3. The Balaban J connectivity index is 1.45. The molecule has 1 aliphatic heterocycles. The molecule has 0 amide bonds. The van der Waals surface area contributed by atoms with Crippen LogP contribution in [0.4, 0.5) is 0 Å². The van der Waals surface area contributed by atoms with Crippen LogP contribution in [0, 0.1) is 0 Å². The van der Waals surface area contributed by atoms with Crippen molar-refractivity contribution in [3.8, 4) is 11.5 Å². The highest BCUT2D eigenvalue weighted by Gasteiger charge is 2.27. The molecular weight excluding hydrogens is 458 g/mol. The summed E-state index contributed by atoms with van der Waals surface area (Å²) in [6.45, 7) is 4.64. The molecule has 0 fully saturated rings. The van der Waals surface area contributed by atoms with Gasteiger partial charge in [0.1, 0.15) is 17.1 Å². The van der Waals surface area contributed by atoms with Gasteiger partial charge in [-0.1, -0.05) is 41.9 Å². The molecule has 3 aromatic carbocycles. The van der Waals surface area contributed by atoms with Crippen LogP contribution in [0.1, 0.15) is 40.9 Å². The molecule has 35 heavy (non-hydrogen) atoms. The number of rotatable bonds is 6. The average molecular weight is 484 g/mol. The highest BCUT2D eigenvalue weighted by Crippen LogP contribution is 2.40. The maximum Gasteiger partial charge on any atom is 0.189 e. The Kier molecular flexibility index (Phi) is 6.00. The zero-order valence-electron chi connectivity index (χ0n) is 19.9. The minimum absolute atomic E-state index is 0.120. The van der Waals surface area contributed by atoms with Gasteiger partial charge in [-0.3, -0.25) is 4.79 Å². The van der Waals surface area contributed by atoms with E-state index >= 15 is 0 Å². The van der Waals surface area contributed by atoms with E-state index in [2.05, 4.69) is 29.0 Å². The second kappa shape index (κ2) is 9.12. The highest BCUT2D eigenvalue weighted by atomic mass is 35.5. The summed E-state index contributed by atoms with van der Waals surface area (Å²) >= 11 is 6.16. The fourth-order valence-electron chi connectivity index (χ4n) is 4.42. The Morgan fingerprint density at radius 2 is 1.94 bits per heavy atom. The monoisotopic (exact) mass is 483 g/mol. The minimum atomic E-state index is -0.504. The van der Waals surface area contributed by atoms with Crippen molar-refractivity contribution in [3.63, 3.8) is 0 Å². The van der Waals surface area contributed by atoms with Crippen LogP contribution in [0.3, 0.4) is 0 Å². The van der Waals surface area contributed by atoms with Crippen molar-refractivity contribution in [1.82, 2.24) is 4.57 Å². The molecule has 0 unspecified atom stereocenters. The number of methoxy groups -OCH3 is 1. The van der Waals surface area contributed by atoms with Crippen molar-refractivity contribution in [2.75, 3.05) is 7.11 Å². The van der Waals surface area contributed by atoms with Crippen LogP contribution < -0.4 is 9.47 Å². The van der Waals surface area contributed by atoms with E-state index in [1.165, 1.54) is 0 Å². The largest absolute Gasteiger partial charge is 0.496 e. The normalized spacial score (nSPS) is 14.2. The lowest BCUT2D eigenvalue weighted by atomic mass is 9.97. The third kappa shape index (κ3) is 4.62. The number of hydrogen-bond donors (Lipinski definition) is 0. The van der Waals surface area contributed by atoms with Gasteiger partial charge in [-0.2, -0.15) is 0 Å². The first-order valence-electron chi connectivity index (χ1n) is 11.5. The second-order valence-electron chi connectivity index (χ2n) is 9.15. The van der Waals surface area contributed by atoms with Crippen LogP contribution in [0.5, 0.6) is 11.5 Å². The molecule has 176 valence electrons. The Labute approximate surface area is 210 Å². The lowest BCUT2D eigenvalue weighted by Gasteiger charge is -2.29. The third-order valence-electron chi connectivity index (χ3n) is 6.16. The summed E-state index contributed by atoms with van der Waals surface area (Å²) in [5.74, 6) is 1.11. The molecule has 0 atom stereocenters. The van der Waals surface area contributed by atoms with Gasteiger partial charge in [0.05, 0.1) is 18.2 Å². The molecule has 4 aromatic rings. The molecule has 5 rings (SSSR count). The molecule has 4 nitrogen and oxygen atoms in total. The van der Waals surface area contributed by atoms with E-state index < -0.39 is 5.60 Å². The molecule has 2 heterocycles. The van der Waals surface area contributed by atoms with E-state index in [1.807, 2.05) is 68.5 Å². The first kappa shape index (κ1) is 23.0. The molecule has 0 radical (unpaired) electrons. The lowest BCUT2D eigenvalue weighted by Crippen LogP contribution is -2.28. The third-order valence-corrected chi connectivity index (χ3v) is 6.40. The van der Waals surface area contributed by atoms with Crippen LogP contribution in [-0.4, -0.2) is 23.1 Å². The molecule has 1 aliphatic rings. The second-order valence-corrected chi connectivity index (χ2v) is 9.58. The SMILES string of the molecule is COc1ccc(C(=O)/C=C/c2cccc3c2ccn3Cc2cccc(Cl)c2)c2c1C=CC(C)(C)O2. The van der Waals surface area contributed by atoms with Gasteiger partial charge < -0.3 is 14.0 Å². The van der Waals surface area contributed by atoms with Gasteiger partial charge in [0.2, 0.25) is 0 Å². The number of hydrogen-bond acceptors (Lipinski definition) is 3. The van der Waals surface area contributed by atoms with Crippen molar-refractivity contribution < 1.29 is 14.3 Å². The molecule has 0 saturated carbocycles. The van der Waals surface area contributed by atoms with Gasteiger partial charge in [-0.05, 0) is 79.6 Å². The number of benzene rings is 3. The standard InChI is InChI=1S/C30H26ClNO3/c1-30(2)16-14-25-28(34-3)13-11-24(29(25)35-30)27(33)12-10-21-7-5-9-26-23(21)15-17-32(26)19-20-6-4-8-22(31)18-20/h4-18H,19H2,1-3H3/b12-10+. The summed E-state index contributed by atoms with van der Waals surface area (Å²) in [6, 6.07) is 19.6. The first-order valence-corrected chi connectivity index (χ1v) is 11.9. The zero-order valence-corrected chi connectivity index (χ0v) is 20.7. The maximum atomic E-state index is 13.3. The Morgan fingerprint density at radius 3 is 2.74 bits per heavy atom. The van der Waals surface area contributed by atoms with E-state index in [1.54, 1.807) is 19.3 Å². The van der Waals surface area contributed by atoms with Gasteiger partial charge in [-0.15, -0.1) is 0 Å². The molecule has 0 bridgehead atoms. The average Bonchev–Trinajstić information content (AvgIpc) is 3.24. The minimum Gasteiger partial charge on any atom is -0.496 e. The van der Waals surface area contributed by atoms with E-state index in [0.717, 1.165) is 39.2 Å². The molecule has 0 spiro atoms. The van der Waals surface area contributed by atoms with Crippen LogP contribution in [0.15, 0.2) is 79.0 Å². The van der Waals surface area contributed by atoms with Gasteiger partial charge in [0, 0.05) is 28.7 Å². The summed E-state index contributed by atoms with van der Waals surface area (Å²) in [6.07, 6.45) is 9.47. The number of halogens is 1. The number of carbonyl (C=O) groups excluding carboxylic acids is 1. The smallest absolute Gasteiger partial charge is 0.189 e. The summed E-state index contributed by atoms with van der Waals surface area (Å²) in [5.41, 5.74) is 4.00. The van der Waals surface area contributed by atoms with Gasteiger partial charge in [0.25, 0.3) is 0 Å². The maximum absolute atomic E-state index is 13.3. The molecular formula is C30H26ClNO3. The van der Waals surface area contributed by atoms with Crippen molar-refractivity contribution in [3.05, 3.63) is 106 Å². The topological polar surface area (TPSA) is 40.5 Å². The number of ether oxygens (including phenoxy) is 2. The predicted octanol–water partition coefficient (Wildman–Crippen LogP) is 7.43. The predicted molar refractivity (Wildman–Crippen MR) is 143 cm³/mol. The number of nitrogens with zero attached hydrogens (tertiary/aromatic N) is 1. The summed E-state index contributed by atoms with van der Waals surface area (Å²) in [7, 11) is 1.61. The van der Waals surface area contributed by atoms with E-state index in [-0.39, 0.29) is 5.78 Å². The molecule has 1 aromatic heterocycles. The number of ketones is 1.